The Morgan fingerprint density at radius 3 is 1.19 bits per heavy atom. The summed E-state index contributed by atoms with van der Waals surface area (Å²) < 4.78 is 1.36. The fourth-order valence-corrected chi connectivity index (χ4v) is 3.44. The number of rotatable bonds is 2. The molecule has 0 aromatic heterocycles. The Morgan fingerprint density at radius 2 is 0.875 bits per heavy atom. The van der Waals surface area contributed by atoms with Gasteiger partial charge in [-0.3, -0.25) is 0 Å². The third-order valence-corrected chi connectivity index (χ3v) is 4.71. The van der Waals surface area contributed by atoms with Gasteiger partial charge < -0.3 is 4.48 Å². The van der Waals surface area contributed by atoms with Gasteiger partial charge in [-0.1, -0.05) is 19.3 Å². The van der Waals surface area contributed by atoms with E-state index in [2.05, 4.69) is 27.7 Å². The van der Waals surface area contributed by atoms with Gasteiger partial charge in [-0.15, -0.1) is 0 Å². The highest BCUT2D eigenvalue weighted by Crippen LogP contribution is 2.24. The van der Waals surface area contributed by atoms with Gasteiger partial charge in [0.15, 0.2) is 0 Å². The maximum absolute atomic E-state index is 2.42. The van der Waals surface area contributed by atoms with Crippen molar-refractivity contribution in [3.63, 3.8) is 0 Å². The zero-order chi connectivity index (χ0) is 12.0. The van der Waals surface area contributed by atoms with Crippen molar-refractivity contribution in [1.29, 1.82) is 0 Å². The van der Waals surface area contributed by atoms with Crippen molar-refractivity contribution >= 4 is 0 Å². The molecule has 0 unspecified atom stereocenters. The summed E-state index contributed by atoms with van der Waals surface area (Å²) in [4.78, 5) is 0. The summed E-state index contributed by atoms with van der Waals surface area (Å²) in [6.07, 6.45) is 10.2. The van der Waals surface area contributed by atoms with Crippen LogP contribution in [-0.2, 0) is 0 Å². The van der Waals surface area contributed by atoms with Gasteiger partial charge in [-0.2, -0.15) is 0 Å². The van der Waals surface area contributed by atoms with Crippen LogP contribution in [0.3, 0.4) is 0 Å². The van der Waals surface area contributed by atoms with Crippen LogP contribution >= 0.6 is 0 Å². The lowest BCUT2D eigenvalue weighted by molar-refractivity contribution is -0.967. The topological polar surface area (TPSA) is 0 Å². The second kappa shape index (κ2) is 6.64. The molecule has 0 aromatic carbocycles. The first-order valence-electron chi connectivity index (χ1n) is 7.46. The highest BCUT2D eigenvalue weighted by Gasteiger charge is 2.33. The van der Waals surface area contributed by atoms with Gasteiger partial charge in [-0.05, 0) is 53.4 Å². The highest BCUT2D eigenvalue weighted by molar-refractivity contribution is 4.58. The average molecular weight is 226 g/mol. The summed E-state index contributed by atoms with van der Waals surface area (Å²) in [5.41, 5.74) is 0. The Bertz CT molecular complexity index is 164. The first-order valence-corrected chi connectivity index (χ1v) is 7.46. The highest BCUT2D eigenvalue weighted by atomic mass is 15.4. The minimum Gasteiger partial charge on any atom is -0.320 e. The van der Waals surface area contributed by atoms with Crippen molar-refractivity contribution in [2.24, 2.45) is 0 Å². The van der Waals surface area contributed by atoms with Crippen LogP contribution in [0.4, 0.5) is 0 Å². The van der Waals surface area contributed by atoms with Crippen molar-refractivity contribution in [3.05, 3.63) is 0 Å². The first-order chi connectivity index (χ1) is 7.59. The van der Waals surface area contributed by atoms with Gasteiger partial charge in [0.05, 0.1) is 25.2 Å². The van der Waals surface area contributed by atoms with Gasteiger partial charge in [0, 0.05) is 0 Å². The van der Waals surface area contributed by atoms with Crippen LogP contribution in [0, 0.1) is 0 Å². The van der Waals surface area contributed by atoms with Crippen LogP contribution < -0.4 is 0 Å². The van der Waals surface area contributed by atoms with Crippen LogP contribution in [0.25, 0.3) is 0 Å². The lowest BCUT2D eigenvalue weighted by Crippen LogP contribution is -2.58. The largest absolute Gasteiger partial charge is 0.320 e. The maximum atomic E-state index is 2.42. The molecule has 16 heavy (non-hydrogen) atoms. The molecule has 1 fully saturated rings. The van der Waals surface area contributed by atoms with Crippen LogP contribution in [0.5, 0.6) is 0 Å². The van der Waals surface area contributed by atoms with E-state index in [4.69, 9.17) is 0 Å². The molecule has 96 valence electrons. The second-order valence-corrected chi connectivity index (χ2v) is 6.21. The molecule has 0 N–H and O–H groups in total. The maximum Gasteiger partial charge on any atom is 0.0835 e. The van der Waals surface area contributed by atoms with Gasteiger partial charge in [0.2, 0.25) is 0 Å². The number of nitrogens with zero attached hydrogens (tertiary/aromatic N) is 1. The molecule has 0 amide bonds. The van der Waals surface area contributed by atoms with Crippen LogP contribution in [0.15, 0.2) is 0 Å². The fourth-order valence-electron chi connectivity index (χ4n) is 3.44. The minimum atomic E-state index is 0.791. The van der Waals surface area contributed by atoms with Crippen LogP contribution in [0.2, 0.25) is 0 Å². The molecular formula is C15H32N+. The van der Waals surface area contributed by atoms with Gasteiger partial charge in [-0.25, -0.2) is 0 Å². The van der Waals surface area contributed by atoms with E-state index in [-0.39, 0.29) is 0 Å². The molecule has 0 spiro atoms. The molecule has 1 heterocycles. The second-order valence-electron chi connectivity index (χ2n) is 6.21. The van der Waals surface area contributed by atoms with E-state index >= 15 is 0 Å². The van der Waals surface area contributed by atoms with E-state index in [0.717, 1.165) is 12.1 Å². The number of hydrogen-bond donors (Lipinski definition) is 0. The van der Waals surface area contributed by atoms with E-state index in [9.17, 15) is 0 Å². The molecule has 1 aliphatic rings. The summed E-state index contributed by atoms with van der Waals surface area (Å²) in [6.45, 7) is 12.5. The predicted molar refractivity (Wildman–Crippen MR) is 72.6 cm³/mol. The third-order valence-electron chi connectivity index (χ3n) is 4.71. The summed E-state index contributed by atoms with van der Waals surface area (Å²) in [6, 6.07) is 1.58. The predicted octanol–water partition coefficient (Wildman–Crippen LogP) is 4.36. The van der Waals surface area contributed by atoms with Crippen molar-refractivity contribution < 1.29 is 4.48 Å². The van der Waals surface area contributed by atoms with Crippen molar-refractivity contribution in [2.45, 2.75) is 84.7 Å². The van der Waals surface area contributed by atoms with Gasteiger partial charge in [0.25, 0.3) is 0 Å². The summed E-state index contributed by atoms with van der Waals surface area (Å²) in [7, 11) is 0. The normalized spacial score (nSPS) is 23.6. The third kappa shape index (κ3) is 3.48. The minimum absolute atomic E-state index is 0.791. The molecule has 1 nitrogen and oxygen atoms in total. The lowest BCUT2D eigenvalue weighted by Gasteiger charge is -2.46. The fraction of sp³-hybridized carbons (Fsp3) is 1.00. The Balaban J connectivity index is 2.68. The molecule has 1 rings (SSSR count). The van der Waals surface area contributed by atoms with Crippen LogP contribution in [-0.4, -0.2) is 29.7 Å². The van der Waals surface area contributed by atoms with Gasteiger partial charge >= 0.3 is 0 Å². The summed E-state index contributed by atoms with van der Waals surface area (Å²) in [5.74, 6) is 0. The molecule has 0 radical (unpaired) electrons. The smallest absolute Gasteiger partial charge is 0.0835 e. The quantitative estimate of drug-likeness (QED) is 0.614. The first kappa shape index (κ1) is 14.0. The van der Waals surface area contributed by atoms with Crippen LogP contribution in [0.1, 0.15) is 72.6 Å². The Labute approximate surface area is 103 Å². The molecule has 0 aliphatic carbocycles. The summed E-state index contributed by atoms with van der Waals surface area (Å²) >= 11 is 0. The standard InChI is InChI=1S/C15H32N/c1-14(2)16(15(3)4)12-10-8-6-5-7-9-11-13-16/h14-15H,5-13H2,1-4H3/q+1. The van der Waals surface area contributed by atoms with E-state index in [1.807, 2.05) is 0 Å². The Kier molecular flexibility index (Phi) is 5.82. The van der Waals surface area contributed by atoms with E-state index in [0.29, 0.717) is 0 Å². The van der Waals surface area contributed by atoms with E-state index in [1.165, 1.54) is 62.5 Å². The monoisotopic (exact) mass is 226 g/mol. The van der Waals surface area contributed by atoms with E-state index < -0.39 is 0 Å². The zero-order valence-electron chi connectivity index (χ0n) is 12.0. The average Bonchev–Trinajstić information content (AvgIpc) is 2.24. The Morgan fingerprint density at radius 1 is 0.562 bits per heavy atom. The number of quaternary nitrogens is 1. The van der Waals surface area contributed by atoms with Crippen molar-refractivity contribution in [3.8, 4) is 0 Å². The SMILES string of the molecule is CC(C)[N+]1(C(C)C)CCCCCCCCC1. The Hall–Kier alpha value is -0.0400. The molecule has 0 bridgehead atoms. The van der Waals surface area contributed by atoms with E-state index in [1.54, 1.807) is 0 Å². The zero-order valence-corrected chi connectivity index (χ0v) is 12.0. The van der Waals surface area contributed by atoms with Crippen molar-refractivity contribution in [1.82, 2.24) is 0 Å². The molecule has 0 saturated carbocycles. The molecule has 1 aliphatic heterocycles. The lowest BCUT2D eigenvalue weighted by atomic mass is 10.0. The molecule has 0 atom stereocenters. The summed E-state index contributed by atoms with van der Waals surface area (Å²) in [5, 5.41) is 0. The molecule has 0 aromatic rings. The van der Waals surface area contributed by atoms with Crippen molar-refractivity contribution in [2.75, 3.05) is 13.1 Å². The molecular weight excluding hydrogens is 194 g/mol. The molecule has 1 saturated heterocycles. The number of hydrogen-bond acceptors (Lipinski definition) is 0. The van der Waals surface area contributed by atoms with Gasteiger partial charge in [0.1, 0.15) is 0 Å². The molecule has 1 heteroatoms.